The van der Waals surface area contributed by atoms with E-state index in [1.807, 2.05) is 0 Å². The molecule has 1 nitrogen and oxygen atoms in total. The first-order valence-electron chi connectivity index (χ1n) is 8.09. The Kier molecular flexibility index (Phi) is 30.1. The first kappa shape index (κ1) is 29.5. The van der Waals surface area contributed by atoms with Crippen molar-refractivity contribution in [2.45, 2.75) is 79.1 Å². The topological polar surface area (TPSA) is 0 Å². The van der Waals surface area contributed by atoms with E-state index in [9.17, 15) is 0 Å². The summed E-state index contributed by atoms with van der Waals surface area (Å²) in [6, 6.07) is 0. The molecule has 0 amide bonds. The van der Waals surface area contributed by atoms with E-state index < -0.39 is 0 Å². The maximum Gasteiger partial charge on any atom is 1.00 e. The van der Waals surface area contributed by atoms with Gasteiger partial charge in [0.1, 0.15) is 0 Å². The fourth-order valence-corrected chi connectivity index (χ4v) is 2.64. The summed E-state index contributed by atoms with van der Waals surface area (Å²) in [7, 11) is 0. The van der Waals surface area contributed by atoms with Crippen molar-refractivity contribution in [3.8, 4) is 0 Å². The van der Waals surface area contributed by atoms with Crippen molar-refractivity contribution in [1.29, 1.82) is 0 Å². The van der Waals surface area contributed by atoms with Crippen LogP contribution in [0.2, 0.25) is 0 Å². The Morgan fingerprint density at radius 3 is 0.850 bits per heavy atom. The fourth-order valence-electron chi connectivity index (χ4n) is 2.64. The zero-order valence-corrected chi connectivity index (χ0v) is 17.8. The quantitative estimate of drug-likeness (QED) is 0.254. The molecule has 4 heteroatoms. The summed E-state index contributed by atoms with van der Waals surface area (Å²) in [4.78, 5) is 0. The maximum absolute atomic E-state index is 2.33. The van der Waals surface area contributed by atoms with Gasteiger partial charge < -0.3 is 13.9 Å². The minimum atomic E-state index is 0. The van der Waals surface area contributed by atoms with Gasteiger partial charge in [-0.1, -0.05) is 53.4 Å². The predicted molar refractivity (Wildman–Crippen MR) is 79.4 cm³/mol. The number of nitrogens with zero attached hydrogens (tertiary/aromatic N) is 1. The molecule has 0 spiro atoms. The maximum atomic E-state index is 2.33. The molecule has 0 bridgehead atoms. The first-order chi connectivity index (χ1) is 8.24. The van der Waals surface area contributed by atoms with Crippen LogP contribution in [-0.4, -0.2) is 30.7 Å². The van der Waals surface area contributed by atoms with Gasteiger partial charge in [-0.3, -0.25) is 0 Å². The molecule has 0 saturated heterocycles. The van der Waals surface area contributed by atoms with Crippen LogP contribution in [0.3, 0.4) is 0 Å². The number of hydrogen-bond acceptors (Lipinski definition) is 0. The largest absolute Gasteiger partial charge is 1.00 e. The predicted octanol–water partition coefficient (Wildman–Crippen LogP) is -3.98. The van der Waals surface area contributed by atoms with Crippen molar-refractivity contribution < 1.29 is 65.3 Å². The van der Waals surface area contributed by atoms with E-state index in [2.05, 4.69) is 27.7 Å². The molecule has 0 rings (SSSR count). The fraction of sp³-hybridized carbons (Fsp3) is 1.00. The summed E-state index contributed by atoms with van der Waals surface area (Å²) in [5, 5.41) is 0. The average molecular weight is 320 g/mol. The van der Waals surface area contributed by atoms with Crippen molar-refractivity contribution in [3.05, 3.63) is 0 Å². The van der Waals surface area contributed by atoms with Crippen LogP contribution in [0, 0.1) is 0 Å². The normalized spacial score (nSPS) is 10.2. The van der Waals surface area contributed by atoms with Crippen LogP contribution in [0.1, 0.15) is 79.1 Å². The molecule has 0 aliphatic carbocycles. The Labute approximate surface area is 169 Å². The zero-order valence-electron chi connectivity index (χ0n) is 14.7. The molecule has 0 aromatic carbocycles. The third-order valence-electron chi connectivity index (χ3n) is 3.94. The molecule has 0 aliphatic heterocycles. The Morgan fingerprint density at radius 1 is 0.500 bits per heavy atom. The van der Waals surface area contributed by atoms with Gasteiger partial charge in [-0.15, -0.1) is 0 Å². The van der Waals surface area contributed by atoms with Gasteiger partial charge in [-0.05, 0) is 25.7 Å². The summed E-state index contributed by atoms with van der Waals surface area (Å²) < 4.78 is 1.42. The van der Waals surface area contributed by atoms with Crippen LogP contribution < -0.4 is 60.8 Å². The average Bonchev–Trinajstić information content (AvgIpc) is 2.37. The molecule has 0 aromatic rings. The molecule has 0 heterocycles. The number of rotatable bonds is 12. The minimum absolute atomic E-state index is 0. The van der Waals surface area contributed by atoms with Crippen molar-refractivity contribution >= 4 is 0 Å². The third kappa shape index (κ3) is 14.4. The van der Waals surface area contributed by atoms with Crippen LogP contribution in [0.25, 0.3) is 0 Å². The summed E-state index contributed by atoms with van der Waals surface area (Å²) in [6.45, 7) is 15.0. The second-order valence-corrected chi connectivity index (χ2v) is 5.65. The molecular formula is C16H36F2KN. The van der Waals surface area contributed by atoms with E-state index in [4.69, 9.17) is 0 Å². The van der Waals surface area contributed by atoms with Crippen LogP contribution in [0.15, 0.2) is 0 Å². The number of unbranched alkanes of at least 4 members (excludes halogenated alkanes) is 4. The molecular weight excluding hydrogens is 283 g/mol. The van der Waals surface area contributed by atoms with Gasteiger partial charge in [0.25, 0.3) is 0 Å². The summed E-state index contributed by atoms with van der Waals surface area (Å²) in [6.07, 6.45) is 11.1. The second-order valence-electron chi connectivity index (χ2n) is 5.65. The molecule has 0 saturated carbocycles. The Bertz CT molecular complexity index is 131. The number of halogens is 2. The summed E-state index contributed by atoms with van der Waals surface area (Å²) in [5.41, 5.74) is 0. The number of quaternary nitrogens is 1. The van der Waals surface area contributed by atoms with Gasteiger partial charge in [0.15, 0.2) is 0 Å². The van der Waals surface area contributed by atoms with Gasteiger partial charge in [0.05, 0.1) is 26.2 Å². The minimum Gasteiger partial charge on any atom is -1.00 e. The van der Waals surface area contributed by atoms with Crippen molar-refractivity contribution in [1.82, 2.24) is 0 Å². The van der Waals surface area contributed by atoms with E-state index in [1.165, 1.54) is 82.0 Å². The molecule has 120 valence electrons. The van der Waals surface area contributed by atoms with Crippen molar-refractivity contribution in [2.75, 3.05) is 26.2 Å². The van der Waals surface area contributed by atoms with Crippen LogP contribution >= 0.6 is 0 Å². The van der Waals surface area contributed by atoms with Crippen molar-refractivity contribution in [3.63, 3.8) is 0 Å². The van der Waals surface area contributed by atoms with Gasteiger partial charge >= 0.3 is 51.4 Å². The molecule has 0 N–H and O–H groups in total. The van der Waals surface area contributed by atoms with E-state index in [1.54, 1.807) is 0 Å². The van der Waals surface area contributed by atoms with Crippen LogP contribution in [0.4, 0.5) is 0 Å². The zero-order chi connectivity index (χ0) is 13.0. The molecule has 0 unspecified atom stereocenters. The van der Waals surface area contributed by atoms with Gasteiger partial charge in [-0.2, -0.15) is 0 Å². The third-order valence-corrected chi connectivity index (χ3v) is 3.94. The van der Waals surface area contributed by atoms with Crippen LogP contribution in [0.5, 0.6) is 0 Å². The van der Waals surface area contributed by atoms with Gasteiger partial charge in [-0.25, -0.2) is 0 Å². The molecule has 0 fully saturated rings. The molecule has 0 atom stereocenters. The molecule has 0 aromatic heterocycles. The van der Waals surface area contributed by atoms with Crippen molar-refractivity contribution in [2.24, 2.45) is 0 Å². The Morgan fingerprint density at radius 2 is 0.700 bits per heavy atom. The van der Waals surface area contributed by atoms with E-state index in [-0.39, 0.29) is 60.8 Å². The monoisotopic (exact) mass is 319 g/mol. The summed E-state index contributed by atoms with van der Waals surface area (Å²) >= 11 is 0. The standard InChI is InChI=1S/C16H36N.2FH.K/c1-5-9-13-17(14-10-6-2,15-11-7-3)16-12-8-4;;;/h5-16H2,1-4H3;2*1H;/q+1;;;+1/p-2. The van der Waals surface area contributed by atoms with E-state index in [0.717, 1.165) is 0 Å². The number of hydrogen-bond donors (Lipinski definition) is 0. The smallest absolute Gasteiger partial charge is 1.00 e. The SMILES string of the molecule is CCCC[N+](CCCC)(CCCC)CCCC.[F-].[F-].[K+]. The van der Waals surface area contributed by atoms with E-state index >= 15 is 0 Å². The van der Waals surface area contributed by atoms with Gasteiger partial charge in [0.2, 0.25) is 0 Å². The second kappa shape index (κ2) is 20.5. The van der Waals surface area contributed by atoms with Crippen LogP contribution in [-0.2, 0) is 0 Å². The molecule has 0 radical (unpaired) electrons. The molecule has 20 heavy (non-hydrogen) atoms. The summed E-state index contributed by atoms with van der Waals surface area (Å²) in [5.74, 6) is 0. The first-order valence-corrected chi connectivity index (χ1v) is 8.09. The van der Waals surface area contributed by atoms with Gasteiger partial charge in [0, 0.05) is 0 Å². The molecule has 0 aliphatic rings. The Balaban J connectivity index is -0.000000427. The van der Waals surface area contributed by atoms with E-state index in [0.29, 0.717) is 0 Å². The Hall–Kier alpha value is 1.46.